The Morgan fingerprint density at radius 3 is 2.53 bits per heavy atom. The Hall–Kier alpha value is -0.610. The molecule has 1 N–H and O–H groups in total. The molecule has 2 unspecified atom stereocenters. The molecule has 1 fully saturated rings. The fourth-order valence-electron chi connectivity index (χ4n) is 2.81. The summed E-state index contributed by atoms with van der Waals surface area (Å²) in [6.07, 6.45) is 4.08. The van der Waals surface area contributed by atoms with Gasteiger partial charge in [-0.2, -0.15) is 0 Å². The standard InChI is InChI=1S/C13H26N2O2/c1-4-15(10-6-9-14(2)3)12-8-5-7-11(12)13(16)17/h11-12H,4-10H2,1-3H3,(H,16,17). The molecule has 1 saturated carbocycles. The van der Waals surface area contributed by atoms with E-state index in [0.29, 0.717) is 0 Å². The van der Waals surface area contributed by atoms with Crippen LogP contribution in [0.3, 0.4) is 0 Å². The molecule has 1 rings (SSSR count). The van der Waals surface area contributed by atoms with E-state index >= 15 is 0 Å². The van der Waals surface area contributed by atoms with Crippen molar-refractivity contribution in [3.8, 4) is 0 Å². The number of rotatable bonds is 7. The molecule has 0 aliphatic heterocycles. The van der Waals surface area contributed by atoms with Gasteiger partial charge < -0.3 is 10.0 Å². The molecule has 17 heavy (non-hydrogen) atoms. The molecule has 0 amide bonds. The zero-order valence-corrected chi connectivity index (χ0v) is 11.4. The second-order valence-electron chi connectivity index (χ2n) is 5.23. The number of carboxylic acid groups (broad SMARTS) is 1. The lowest BCUT2D eigenvalue weighted by atomic mass is 10.0. The maximum absolute atomic E-state index is 11.2. The minimum absolute atomic E-state index is 0.144. The van der Waals surface area contributed by atoms with Crippen LogP contribution in [0, 0.1) is 5.92 Å². The Morgan fingerprint density at radius 1 is 1.29 bits per heavy atom. The van der Waals surface area contributed by atoms with Gasteiger partial charge in [-0.15, -0.1) is 0 Å². The molecule has 1 aliphatic rings. The quantitative estimate of drug-likeness (QED) is 0.735. The van der Waals surface area contributed by atoms with Gasteiger partial charge in [-0.1, -0.05) is 13.3 Å². The summed E-state index contributed by atoms with van der Waals surface area (Å²) in [5.74, 6) is -0.757. The first kappa shape index (κ1) is 14.5. The Balaban J connectivity index is 2.45. The average molecular weight is 242 g/mol. The summed E-state index contributed by atoms with van der Waals surface area (Å²) in [4.78, 5) is 15.7. The van der Waals surface area contributed by atoms with Gasteiger partial charge >= 0.3 is 5.97 Å². The Kier molecular flexibility index (Phi) is 5.92. The van der Waals surface area contributed by atoms with Crippen LogP contribution >= 0.6 is 0 Å². The lowest BCUT2D eigenvalue weighted by Crippen LogP contribution is -2.41. The molecule has 0 heterocycles. The molecule has 0 bridgehead atoms. The fraction of sp³-hybridized carbons (Fsp3) is 0.923. The predicted octanol–water partition coefficient (Wildman–Crippen LogP) is 1.51. The van der Waals surface area contributed by atoms with Crippen molar-refractivity contribution in [1.82, 2.24) is 9.80 Å². The van der Waals surface area contributed by atoms with Crippen LogP contribution in [-0.4, -0.2) is 60.6 Å². The van der Waals surface area contributed by atoms with Gasteiger partial charge in [0.15, 0.2) is 0 Å². The Morgan fingerprint density at radius 2 is 2.00 bits per heavy atom. The number of carbonyl (C=O) groups is 1. The first-order chi connectivity index (χ1) is 8.06. The van der Waals surface area contributed by atoms with Crippen LogP contribution in [0.2, 0.25) is 0 Å². The lowest BCUT2D eigenvalue weighted by Gasteiger charge is -2.30. The molecule has 100 valence electrons. The third kappa shape index (κ3) is 4.28. The van der Waals surface area contributed by atoms with E-state index < -0.39 is 5.97 Å². The highest BCUT2D eigenvalue weighted by molar-refractivity contribution is 5.71. The van der Waals surface area contributed by atoms with Crippen molar-refractivity contribution in [2.45, 2.75) is 38.6 Å². The summed E-state index contributed by atoms with van der Waals surface area (Å²) in [6.45, 7) is 5.18. The normalized spacial score (nSPS) is 24.8. The van der Waals surface area contributed by atoms with Gasteiger partial charge in [0.1, 0.15) is 0 Å². The van der Waals surface area contributed by atoms with Crippen molar-refractivity contribution in [2.24, 2.45) is 5.92 Å². The second kappa shape index (κ2) is 6.97. The molecule has 4 heteroatoms. The van der Waals surface area contributed by atoms with Crippen molar-refractivity contribution in [1.29, 1.82) is 0 Å². The maximum atomic E-state index is 11.2. The zero-order valence-electron chi connectivity index (χ0n) is 11.4. The van der Waals surface area contributed by atoms with Crippen LogP contribution in [0.5, 0.6) is 0 Å². The van der Waals surface area contributed by atoms with Crippen LogP contribution in [0.4, 0.5) is 0 Å². The van der Waals surface area contributed by atoms with Crippen molar-refractivity contribution in [3.05, 3.63) is 0 Å². The number of hydrogen-bond donors (Lipinski definition) is 1. The molecule has 0 aromatic heterocycles. The van der Waals surface area contributed by atoms with Crippen LogP contribution in [0.1, 0.15) is 32.6 Å². The van der Waals surface area contributed by atoms with Crippen LogP contribution < -0.4 is 0 Å². The molecule has 0 spiro atoms. The van der Waals surface area contributed by atoms with E-state index in [0.717, 1.165) is 45.3 Å². The van der Waals surface area contributed by atoms with Gasteiger partial charge in [-0.25, -0.2) is 0 Å². The van der Waals surface area contributed by atoms with Crippen LogP contribution in [0.15, 0.2) is 0 Å². The summed E-state index contributed by atoms with van der Waals surface area (Å²) >= 11 is 0. The first-order valence-corrected chi connectivity index (χ1v) is 6.67. The van der Waals surface area contributed by atoms with Crippen LogP contribution in [-0.2, 0) is 4.79 Å². The summed E-state index contributed by atoms with van der Waals surface area (Å²) in [6, 6.07) is 0.264. The number of nitrogens with zero attached hydrogens (tertiary/aromatic N) is 2. The molecule has 1 aliphatic carbocycles. The summed E-state index contributed by atoms with van der Waals surface area (Å²) in [7, 11) is 4.15. The van der Waals surface area contributed by atoms with E-state index in [-0.39, 0.29) is 12.0 Å². The summed E-state index contributed by atoms with van der Waals surface area (Å²) < 4.78 is 0. The minimum Gasteiger partial charge on any atom is -0.481 e. The first-order valence-electron chi connectivity index (χ1n) is 6.67. The Bertz CT molecular complexity index is 244. The monoisotopic (exact) mass is 242 g/mol. The van der Waals surface area contributed by atoms with Gasteiger partial charge in [0, 0.05) is 6.04 Å². The molecule has 2 atom stereocenters. The average Bonchev–Trinajstić information content (AvgIpc) is 2.72. The van der Waals surface area contributed by atoms with Crippen molar-refractivity contribution in [2.75, 3.05) is 33.7 Å². The van der Waals surface area contributed by atoms with E-state index in [9.17, 15) is 9.90 Å². The van der Waals surface area contributed by atoms with Gasteiger partial charge in [0.05, 0.1) is 5.92 Å². The molecule has 4 nitrogen and oxygen atoms in total. The third-order valence-corrected chi connectivity index (χ3v) is 3.72. The topological polar surface area (TPSA) is 43.8 Å². The second-order valence-corrected chi connectivity index (χ2v) is 5.23. The molecule has 0 radical (unpaired) electrons. The van der Waals surface area contributed by atoms with Crippen LogP contribution in [0.25, 0.3) is 0 Å². The molecule has 0 saturated heterocycles. The van der Waals surface area contributed by atoms with Gasteiger partial charge in [0.2, 0.25) is 0 Å². The molecule has 0 aromatic rings. The third-order valence-electron chi connectivity index (χ3n) is 3.72. The fourth-order valence-corrected chi connectivity index (χ4v) is 2.81. The SMILES string of the molecule is CCN(CCCN(C)C)C1CCCC1C(=O)O. The number of carboxylic acids is 1. The Labute approximate surface area is 105 Å². The van der Waals surface area contributed by atoms with Crippen molar-refractivity contribution >= 4 is 5.97 Å². The van der Waals surface area contributed by atoms with Gasteiger partial charge in [0.25, 0.3) is 0 Å². The predicted molar refractivity (Wildman–Crippen MR) is 69.2 cm³/mol. The maximum Gasteiger partial charge on any atom is 0.308 e. The van der Waals surface area contributed by atoms with E-state index in [1.165, 1.54) is 0 Å². The van der Waals surface area contributed by atoms with Crippen molar-refractivity contribution < 1.29 is 9.90 Å². The van der Waals surface area contributed by atoms with Gasteiger partial charge in [-0.05, 0) is 53.0 Å². The number of hydrogen-bond acceptors (Lipinski definition) is 3. The largest absolute Gasteiger partial charge is 0.481 e. The van der Waals surface area contributed by atoms with E-state index in [4.69, 9.17) is 0 Å². The number of aliphatic carboxylic acids is 1. The van der Waals surface area contributed by atoms with E-state index in [2.05, 4.69) is 30.8 Å². The molecular weight excluding hydrogens is 216 g/mol. The smallest absolute Gasteiger partial charge is 0.308 e. The van der Waals surface area contributed by atoms with Crippen molar-refractivity contribution in [3.63, 3.8) is 0 Å². The van der Waals surface area contributed by atoms with E-state index in [1.54, 1.807) is 0 Å². The minimum atomic E-state index is -0.612. The highest BCUT2D eigenvalue weighted by Gasteiger charge is 2.35. The lowest BCUT2D eigenvalue weighted by molar-refractivity contribution is -0.143. The summed E-state index contributed by atoms with van der Waals surface area (Å²) in [5, 5.41) is 9.21. The zero-order chi connectivity index (χ0) is 12.8. The van der Waals surface area contributed by atoms with Gasteiger partial charge in [-0.3, -0.25) is 9.69 Å². The van der Waals surface area contributed by atoms with E-state index in [1.807, 2.05) is 0 Å². The molecule has 0 aromatic carbocycles. The molecular formula is C13H26N2O2. The highest BCUT2D eigenvalue weighted by atomic mass is 16.4. The summed E-state index contributed by atoms with van der Waals surface area (Å²) in [5.41, 5.74) is 0. The highest BCUT2D eigenvalue weighted by Crippen LogP contribution is 2.30.